The van der Waals surface area contributed by atoms with Gasteiger partial charge in [0.25, 0.3) is 0 Å². The highest BCUT2D eigenvalue weighted by Crippen LogP contribution is 2.59. The van der Waals surface area contributed by atoms with Crippen molar-refractivity contribution in [1.82, 2.24) is 0 Å². The molecular weight excluding hydrogens is 462 g/mol. The van der Waals surface area contributed by atoms with Crippen LogP contribution in [0.5, 0.6) is 0 Å². The third-order valence-corrected chi connectivity index (χ3v) is 9.47. The monoisotopic (exact) mass is 505 g/mol. The van der Waals surface area contributed by atoms with Crippen molar-refractivity contribution in [2.24, 2.45) is 5.41 Å². The molecule has 5 heteroatoms. The lowest BCUT2D eigenvalue weighted by molar-refractivity contribution is -0.627. The topological polar surface area (TPSA) is 65.6 Å². The van der Waals surface area contributed by atoms with Crippen molar-refractivity contribution in [3.8, 4) is 0 Å². The van der Waals surface area contributed by atoms with Gasteiger partial charge in [-0.15, -0.1) is 0 Å². The molecule has 4 aliphatic rings. The van der Waals surface area contributed by atoms with Crippen LogP contribution < -0.4 is 4.73 Å². The molecule has 1 aromatic carbocycles. The Morgan fingerprint density at radius 1 is 1.00 bits per heavy atom. The molecule has 2 fully saturated rings. The molecule has 0 bridgehead atoms. The minimum Gasteiger partial charge on any atom is -0.618 e. The van der Waals surface area contributed by atoms with E-state index in [1.807, 2.05) is 0 Å². The van der Waals surface area contributed by atoms with E-state index in [1.165, 1.54) is 15.9 Å². The Bertz CT molecular complexity index is 1180. The van der Waals surface area contributed by atoms with Crippen molar-refractivity contribution >= 4 is 0 Å². The van der Waals surface area contributed by atoms with Crippen molar-refractivity contribution in [3.63, 3.8) is 0 Å². The first-order valence-corrected chi connectivity index (χ1v) is 14.4. The van der Waals surface area contributed by atoms with Crippen LogP contribution in [0.4, 0.5) is 0 Å². The van der Waals surface area contributed by atoms with E-state index in [0.29, 0.717) is 26.1 Å². The van der Waals surface area contributed by atoms with Gasteiger partial charge in [-0.2, -0.15) is 4.73 Å². The van der Waals surface area contributed by atoms with Gasteiger partial charge in [-0.05, 0) is 54.1 Å². The fraction of sp³-hybridized carbons (Fsp3) is 0.656. The molecule has 37 heavy (non-hydrogen) atoms. The van der Waals surface area contributed by atoms with E-state index >= 15 is 0 Å². The summed E-state index contributed by atoms with van der Waals surface area (Å²) in [5, 5.41) is 26.0. The number of rotatable bonds is 2. The van der Waals surface area contributed by atoms with Crippen molar-refractivity contribution in [3.05, 3.63) is 68.7 Å². The molecule has 1 saturated carbocycles. The lowest BCUT2D eigenvalue weighted by Gasteiger charge is -2.37. The predicted octanol–water partition coefficient (Wildman–Crippen LogP) is 6.41. The van der Waals surface area contributed by atoms with Gasteiger partial charge in [0.2, 0.25) is 5.69 Å². The van der Waals surface area contributed by atoms with E-state index in [0.717, 1.165) is 66.6 Å². The number of pyridine rings is 1. The van der Waals surface area contributed by atoms with Crippen LogP contribution in [0, 0.1) is 10.6 Å². The molecule has 2 aromatic rings. The summed E-state index contributed by atoms with van der Waals surface area (Å²) in [6.45, 7) is 12.4. The van der Waals surface area contributed by atoms with Gasteiger partial charge in [-0.25, -0.2) is 0 Å². The number of aliphatic hydroxyl groups excluding tert-OH is 1. The molecule has 200 valence electrons. The van der Waals surface area contributed by atoms with Gasteiger partial charge >= 0.3 is 0 Å². The highest BCUT2D eigenvalue weighted by atomic mass is 16.5. The van der Waals surface area contributed by atoms with E-state index in [4.69, 9.17) is 9.47 Å². The molecule has 3 heterocycles. The molecule has 2 atom stereocenters. The molecule has 1 spiro atoms. The summed E-state index contributed by atoms with van der Waals surface area (Å²) in [5.41, 5.74) is 6.71. The minimum atomic E-state index is -0.639. The first kappa shape index (κ1) is 25.3. The maximum absolute atomic E-state index is 14.4. The fourth-order valence-corrected chi connectivity index (χ4v) is 7.62. The SMILES string of the molecule is CC1(C)Cc2c(c3c(c(C4CCOCC4)[n+]2[O-])[C@@H](c2ccc(C(C)(C)C)cc2)OC32CCCC2)C(O)C1. The Balaban J connectivity index is 1.61. The number of aromatic nitrogens is 1. The maximum Gasteiger partial charge on any atom is 0.202 e. The van der Waals surface area contributed by atoms with E-state index in [2.05, 4.69) is 58.9 Å². The van der Waals surface area contributed by atoms with Crippen LogP contribution in [0.15, 0.2) is 24.3 Å². The van der Waals surface area contributed by atoms with Crippen LogP contribution in [0.3, 0.4) is 0 Å². The van der Waals surface area contributed by atoms with Crippen LogP contribution in [-0.2, 0) is 26.9 Å². The lowest BCUT2D eigenvalue weighted by Crippen LogP contribution is -2.47. The van der Waals surface area contributed by atoms with Gasteiger partial charge in [-0.3, -0.25) is 0 Å². The zero-order chi connectivity index (χ0) is 26.2. The van der Waals surface area contributed by atoms with E-state index in [-0.39, 0.29) is 22.9 Å². The number of benzene rings is 1. The lowest BCUT2D eigenvalue weighted by atomic mass is 9.70. The Labute approximate surface area is 221 Å². The van der Waals surface area contributed by atoms with Crippen molar-refractivity contribution in [1.29, 1.82) is 0 Å². The van der Waals surface area contributed by atoms with Gasteiger partial charge in [0.05, 0.1) is 22.8 Å². The van der Waals surface area contributed by atoms with Crippen LogP contribution in [0.1, 0.15) is 137 Å². The Kier molecular flexibility index (Phi) is 6.02. The minimum absolute atomic E-state index is 0.0704. The maximum atomic E-state index is 14.4. The van der Waals surface area contributed by atoms with Crippen LogP contribution in [0.2, 0.25) is 0 Å². The number of fused-ring (bicyclic) bond motifs is 4. The van der Waals surface area contributed by atoms with Crippen LogP contribution in [-0.4, -0.2) is 18.3 Å². The first-order chi connectivity index (χ1) is 17.5. The molecule has 1 unspecified atom stereocenters. The molecule has 5 nitrogen and oxygen atoms in total. The summed E-state index contributed by atoms with van der Waals surface area (Å²) < 4.78 is 14.1. The molecule has 2 aliphatic carbocycles. The van der Waals surface area contributed by atoms with E-state index in [1.54, 1.807) is 0 Å². The average Bonchev–Trinajstić information content (AvgIpc) is 3.44. The average molecular weight is 506 g/mol. The molecule has 1 saturated heterocycles. The predicted molar refractivity (Wildman–Crippen MR) is 143 cm³/mol. The normalized spacial score (nSPS) is 26.9. The Hall–Kier alpha value is -1.95. The highest BCUT2D eigenvalue weighted by molar-refractivity contribution is 5.53. The second-order valence-corrected chi connectivity index (χ2v) is 13.8. The Morgan fingerprint density at radius 3 is 2.27 bits per heavy atom. The zero-order valence-corrected chi connectivity index (χ0v) is 23.2. The molecule has 0 amide bonds. The molecule has 6 rings (SSSR count). The zero-order valence-electron chi connectivity index (χ0n) is 23.2. The smallest absolute Gasteiger partial charge is 0.202 e. The number of nitrogens with zero attached hydrogens (tertiary/aromatic N) is 1. The van der Waals surface area contributed by atoms with Crippen molar-refractivity contribution in [2.75, 3.05) is 13.2 Å². The fourth-order valence-electron chi connectivity index (χ4n) is 7.62. The molecule has 1 aromatic heterocycles. The quantitative estimate of drug-likeness (QED) is 0.379. The second kappa shape index (κ2) is 8.79. The molecule has 1 N–H and O–H groups in total. The number of hydrogen-bond acceptors (Lipinski definition) is 4. The summed E-state index contributed by atoms with van der Waals surface area (Å²) in [5.74, 6) is 0.143. The van der Waals surface area contributed by atoms with E-state index in [9.17, 15) is 10.3 Å². The number of aliphatic hydroxyl groups is 1. The second-order valence-electron chi connectivity index (χ2n) is 13.8. The van der Waals surface area contributed by atoms with Gasteiger partial charge in [0.15, 0.2) is 5.69 Å². The Morgan fingerprint density at radius 2 is 1.65 bits per heavy atom. The highest BCUT2D eigenvalue weighted by Gasteiger charge is 2.55. The third kappa shape index (κ3) is 4.13. The summed E-state index contributed by atoms with van der Waals surface area (Å²) in [6, 6.07) is 8.83. The van der Waals surface area contributed by atoms with Crippen LogP contribution in [0.25, 0.3) is 0 Å². The van der Waals surface area contributed by atoms with Gasteiger partial charge in [-0.1, -0.05) is 71.7 Å². The standard InChI is InChI=1S/C32H43NO4/c1-30(2,3)22-10-8-21(9-11-22)29-26-27(32(37-29)14-6-7-15-32)25-23(18-31(4,5)19-24(25)34)33(35)28(26)20-12-16-36-17-13-20/h8-11,20,24,29,34H,6-7,12-19H2,1-5H3/t24?,29-/m1/s1. The number of ether oxygens (including phenoxy) is 2. The number of hydrogen-bond donors (Lipinski definition) is 1. The molecular formula is C32H43NO4. The molecule has 2 aliphatic heterocycles. The first-order valence-electron chi connectivity index (χ1n) is 14.4. The van der Waals surface area contributed by atoms with Crippen molar-refractivity contribution in [2.45, 2.75) is 115 Å². The summed E-state index contributed by atoms with van der Waals surface area (Å²) >= 11 is 0. The summed E-state index contributed by atoms with van der Waals surface area (Å²) in [6.07, 6.45) is 6.27. The van der Waals surface area contributed by atoms with Crippen LogP contribution >= 0.6 is 0 Å². The van der Waals surface area contributed by atoms with Gasteiger partial charge in [0.1, 0.15) is 6.10 Å². The third-order valence-electron chi connectivity index (χ3n) is 9.47. The van der Waals surface area contributed by atoms with Gasteiger partial charge in [0, 0.05) is 31.1 Å². The van der Waals surface area contributed by atoms with Crippen molar-refractivity contribution < 1.29 is 19.3 Å². The summed E-state index contributed by atoms with van der Waals surface area (Å²) in [4.78, 5) is 0. The summed E-state index contributed by atoms with van der Waals surface area (Å²) in [7, 11) is 0. The molecule has 0 radical (unpaired) electrons. The van der Waals surface area contributed by atoms with E-state index < -0.39 is 11.7 Å². The van der Waals surface area contributed by atoms with Gasteiger partial charge < -0.3 is 19.8 Å². The largest absolute Gasteiger partial charge is 0.618 e.